The number of thioether (sulfide) groups is 1. The summed E-state index contributed by atoms with van der Waals surface area (Å²) >= 11 is 1.62. The van der Waals surface area contributed by atoms with Gasteiger partial charge in [-0.15, -0.1) is 0 Å². The zero-order valence-electron chi connectivity index (χ0n) is 17.5. The number of aromatic nitrogens is 5. The fraction of sp³-hybridized carbons (Fsp3) is 0.429. The molecular formula is C21H27N7OS. The number of nitrogen functional groups attached to an aromatic ring is 1. The fourth-order valence-electron chi connectivity index (χ4n) is 3.45. The van der Waals surface area contributed by atoms with Crippen LogP contribution in [0, 0.1) is 0 Å². The third kappa shape index (κ3) is 4.57. The van der Waals surface area contributed by atoms with E-state index in [-0.39, 0.29) is 17.3 Å². The topological polar surface area (TPSA) is 95.0 Å². The Morgan fingerprint density at radius 3 is 2.73 bits per heavy atom. The summed E-state index contributed by atoms with van der Waals surface area (Å²) in [5, 5.41) is 0.880. The highest BCUT2D eigenvalue weighted by Gasteiger charge is 2.23. The van der Waals surface area contributed by atoms with Crippen LogP contribution >= 0.6 is 11.8 Å². The second-order valence-electron chi connectivity index (χ2n) is 7.54. The molecule has 0 aliphatic carbocycles. The van der Waals surface area contributed by atoms with Crippen molar-refractivity contribution >= 4 is 23.7 Å². The van der Waals surface area contributed by atoms with Gasteiger partial charge in [-0.1, -0.05) is 42.1 Å². The molecule has 0 saturated carbocycles. The summed E-state index contributed by atoms with van der Waals surface area (Å²) in [6.07, 6.45) is 4.33. The highest BCUT2D eigenvalue weighted by Crippen LogP contribution is 2.36. The van der Waals surface area contributed by atoms with Gasteiger partial charge in [-0.05, 0) is 25.3 Å². The van der Waals surface area contributed by atoms with E-state index in [4.69, 9.17) is 15.5 Å². The molecule has 1 fully saturated rings. The van der Waals surface area contributed by atoms with E-state index in [0.29, 0.717) is 11.8 Å². The fourth-order valence-corrected chi connectivity index (χ4v) is 4.39. The Kier molecular flexibility index (Phi) is 6.19. The second-order valence-corrected chi connectivity index (χ2v) is 8.85. The van der Waals surface area contributed by atoms with Crippen LogP contribution in [-0.2, 0) is 11.3 Å². The molecule has 2 N–H and O–H groups in total. The monoisotopic (exact) mass is 425 g/mol. The predicted octanol–water partition coefficient (Wildman–Crippen LogP) is 3.42. The first kappa shape index (κ1) is 20.6. The van der Waals surface area contributed by atoms with E-state index < -0.39 is 0 Å². The first-order valence-corrected chi connectivity index (χ1v) is 11.0. The average Bonchev–Trinajstić information content (AvgIpc) is 3.39. The van der Waals surface area contributed by atoms with E-state index in [1.807, 2.05) is 43.4 Å². The van der Waals surface area contributed by atoms with Crippen molar-refractivity contribution in [3.8, 4) is 11.3 Å². The number of anilines is 2. The summed E-state index contributed by atoms with van der Waals surface area (Å²) in [7, 11) is 3.77. The summed E-state index contributed by atoms with van der Waals surface area (Å²) < 4.78 is 8.16. The smallest absolute Gasteiger partial charge is 0.229 e. The van der Waals surface area contributed by atoms with Gasteiger partial charge in [0.05, 0.1) is 29.8 Å². The average molecular weight is 426 g/mol. The summed E-state index contributed by atoms with van der Waals surface area (Å²) in [6, 6.07) is 10.3. The lowest BCUT2D eigenvalue weighted by Gasteiger charge is -2.18. The predicted molar refractivity (Wildman–Crippen MR) is 119 cm³/mol. The number of ether oxygens (including phenoxy) is 1. The lowest BCUT2D eigenvalue weighted by Crippen LogP contribution is -2.17. The van der Waals surface area contributed by atoms with Crippen LogP contribution < -0.4 is 10.6 Å². The number of hydrogen-bond donors (Lipinski definition) is 1. The largest absolute Gasteiger partial charge is 0.376 e. The molecule has 4 rings (SSSR count). The molecule has 1 aliphatic rings. The maximum absolute atomic E-state index is 5.91. The first-order chi connectivity index (χ1) is 14.5. The van der Waals surface area contributed by atoms with Gasteiger partial charge in [-0.2, -0.15) is 15.0 Å². The van der Waals surface area contributed by atoms with Crippen LogP contribution in [0.5, 0.6) is 0 Å². The Morgan fingerprint density at radius 1 is 1.23 bits per heavy atom. The van der Waals surface area contributed by atoms with Gasteiger partial charge in [-0.25, -0.2) is 4.98 Å². The van der Waals surface area contributed by atoms with Gasteiger partial charge in [0.2, 0.25) is 11.9 Å². The zero-order valence-corrected chi connectivity index (χ0v) is 18.3. The van der Waals surface area contributed by atoms with E-state index in [1.54, 1.807) is 11.8 Å². The highest BCUT2D eigenvalue weighted by molar-refractivity contribution is 7.99. The van der Waals surface area contributed by atoms with Crippen molar-refractivity contribution in [3.63, 3.8) is 0 Å². The molecule has 0 spiro atoms. The molecule has 0 radical (unpaired) electrons. The zero-order chi connectivity index (χ0) is 21.1. The van der Waals surface area contributed by atoms with Crippen LogP contribution in [0.4, 0.5) is 11.9 Å². The Hall–Kier alpha value is -2.65. The van der Waals surface area contributed by atoms with Gasteiger partial charge < -0.3 is 19.9 Å². The van der Waals surface area contributed by atoms with E-state index in [1.165, 1.54) is 0 Å². The number of imidazole rings is 1. The van der Waals surface area contributed by atoms with Crippen molar-refractivity contribution in [1.82, 2.24) is 24.5 Å². The minimum absolute atomic E-state index is 0.0386. The lowest BCUT2D eigenvalue weighted by molar-refractivity contribution is 0.0953. The van der Waals surface area contributed by atoms with Gasteiger partial charge in [-0.3, -0.25) is 0 Å². The Balaban J connectivity index is 1.64. The Labute approximate surface area is 180 Å². The SMILES string of the molecule is CC(Sc1ncc(-c2ccccc2)n1CC1CCCO1)c1nc(N)nc(N(C)C)n1. The molecule has 158 valence electrons. The summed E-state index contributed by atoms with van der Waals surface area (Å²) in [6.45, 7) is 3.67. The molecule has 2 aromatic heterocycles. The Morgan fingerprint density at radius 2 is 2.03 bits per heavy atom. The van der Waals surface area contributed by atoms with Crippen LogP contribution in [-0.4, -0.2) is 51.3 Å². The maximum atomic E-state index is 5.91. The summed E-state index contributed by atoms with van der Waals surface area (Å²) in [5.74, 6) is 1.42. The van der Waals surface area contributed by atoms with Crippen molar-refractivity contribution in [2.45, 2.75) is 42.8 Å². The normalized spacial score (nSPS) is 17.2. The third-order valence-corrected chi connectivity index (χ3v) is 6.10. The molecule has 2 unspecified atom stereocenters. The molecule has 0 bridgehead atoms. The van der Waals surface area contributed by atoms with Crippen molar-refractivity contribution in [2.75, 3.05) is 31.3 Å². The standard InChI is InChI=1S/C21H27N7OS/c1-14(18-24-19(22)26-20(25-18)27(2)3)30-21-23-12-17(15-8-5-4-6-9-15)28(21)13-16-10-7-11-29-16/h4-6,8-9,12,14,16H,7,10-11,13H2,1-3H3,(H2,22,24,25,26). The minimum atomic E-state index is -0.0386. The van der Waals surface area contributed by atoms with Crippen molar-refractivity contribution in [1.29, 1.82) is 0 Å². The Bertz CT molecular complexity index is 986. The molecule has 2 atom stereocenters. The molecule has 0 amide bonds. The second kappa shape index (κ2) is 9.01. The molecule has 9 heteroatoms. The van der Waals surface area contributed by atoms with Crippen molar-refractivity contribution < 1.29 is 4.74 Å². The van der Waals surface area contributed by atoms with Gasteiger partial charge in [0, 0.05) is 20.7 Å². The number of nitrogens with zero attached hydrogens (tertiary/aromatic N) is 6. The molecule has 3 heterocycles. The summed E-state index contributed by atoms with van der Waals surface area (Å²) in [4.78, 5) is 19.7. The maximum Gasteiger partial charge on any atom is 0.229 e. The number of nitrogens with two attached hydrogens (primary N) is 1. The van der Waals surface area contributed by atoms with Gasteiger partial charge in [0.1, 0.15) is 5.82 Å². The number of rotatable bonds is 7. The summed E-state index contributed by atoms with van der Waals surface area (Å²) in [5.41, 5.74) is 8.14. The van der Waals surface area contributed by atoms with Gasteiger partial charge >= 0.3 is 0 Å². The molecule has 30 heavy (non-hydrogen) atoms. The van der Waals surface area contributed by atoms with Crippen molar-refractivity contribution in [3.05, 3.63) is 42.4 Å². The van der Waals surface area contributed by atoms with Crippen LogP contribution in [0.15, 0.2) is 41.7 Å². The molecule has 1 saturated heterocycles. The van der Waals surface area contributed by atoms with E-state index >= 15 is 0 Å². The first-order valence-electron chi connectivity index (χ1n) is 10.1. The number of benzene rings is 1. The minimum Gasteiger partial charge on any atom is -0.376 e. The van der Waals surface area contributed by atoms with E-state index in [2.05, 4.69) is 38.6 Å². The molecule has 1 aromatic carbocycles. The van der Waals surface area contributed by atoms with Crippen LogP contribution in [0.1, 0.15) is 30.8 Å². The molecular weight excluding hydrogens is 398 g/mol. The molecule has 1 aliphatic heterocycles. The van der Waals surface area contributed by atoms with Crippen LogP contribution in [0.3, 0.4) is 0 Å². The van der Waals surface area contributed by atoms with Crippen molar-refractivity contribution in [2.24, 2.45) is 0 Å². The van der Waals surface area contributed by atoms with E-state index in [0.717, 1.165) is 42.4 Å². The van der Waals surface area contributed by atoms with Crippen LogP contribution in [0.2, 0.25) is 0 Å². The van der Waals surface area contributed by atoms with Crippen LogP contribution in [0.25, 0.3) is 11.3 Å². The lowest BCUT2D eigenvalue weighted by atomic mass is 10.1. The molecule has 3 aromatic rings. The van der Waals surface area contributed by atoms with E-state index in [9.17, 15) is 0 Å². The quantitative estimate of drug-likeness (QED) is 0.576. The molecule has 8 nitrogen and oxygen atoms in total. The van der Waals surface area contributed by atoms with Gasteiger partial charge in [0.15, 0.2) is 5.16 Å². The third-order valence-electron chi connectivity index (χ3n) is 5.00. The van der Waals surface area contributed by atoms with Gasteiger partial charge in [0.25, 0.3) is 0 Å². The highest BCUT2D eigenvalue weighted by atomic mass is 32.2. The number of hydrogen-bond acceptors (Lipinski definition) is 8.